The molecule has 2 N–H and O–H groups in total. The molecular formula is C13H25NO5. The van der Waals surface area contributed by atoms with Crippen LogP contribution < -0.4 is 5.32 Å². The van der Waals surface area contributed by atoms with Gasteiger partial charge in [-0.25, -0.2) is 0 Å². The van der Waals surface area contributed by atoms with Crippen molar-refractivity contribution in [2.75, 3.05) is 53.2 Å². The van der Waals surface area contributed by atoms with Crippen LogP contribution in [0.5, 0.6) is 0 Å². The van der Waals surface area contributed by atoms with E-state index < -0.39 is 11.4 Å². The topological polar surface area (TPSA) is 77.0 Å². The fraction of sp³-hybridized carbons (Fsp3) is 0.923. The van der Waals surface area contributed by atoms with Crippen LogP contribution in [0.1, 0.15) is 19.3 Å². The molecule has 1 heterocycles. The van der Waals surface area contributed by atoms with Crippen molar-refractivity contribution in [3.05, 3.63) is 0 Å². The van der Waals surface area contributed by atoms with Gasteiger partial charge in [0.25, 0.3) is 0 Å². The number of carboxylic acids is 1. The maximum atomic E-state index is 11.4. The standard InChI is InChI=1S/C13H25NO5/c1-17-8-9-19-11-10-18-7-4-13(12(15)16)2-5-14-6-3-13/h14H,2-11H2,1H3,(H,15,16). The number of aliphatic carboxylic acids is 1. The number of hydrogen-bond acceptors (Lipinski definition) is 5. The zero-order chi connectivity index (χ0) is 14.0. The average molecular weight is 275 g/mol. The number of piperidine rings is 1. The third-order valence-corrected chi connectivity index (χ3v) is 3.54. The van der Waals surface area contributed by atoms with Gasteiger partial charge in [0.05, 0.1) is 31.8 Å². The highest BCUT2D eigenvalue weighted by atomic mass is 16.5. The lowest BCUT2D eigenvalue weighted by Gasteiger charge is -2.33. The smallest absolute Gasteiger partial charge is 0.309 e. The summed E-state index contributed by atoms with van der Waals surface area (Å²) < 4.78 is 15.6. The van der Waals surface area contributed by atoms with E-state index in [1.807, 2.05) is 0 Å². The van der Waals surface area contributed by atoms with Crippen LogP contribution in [0.25, 0.3) is 0 Å². The van der Waals surface area contributed by atoms with Crippen LogP contribution in [-0.4, -0.2) is 64.3 Å². The number of rotatable bonds is 10. The predicted octanol–water partition coefficient (Wildman–Crippen LogP) is 0.511. The highest BCUT2D eigenvalue weighted by Gasteiger charge is 2.39. The van der Waals surface area contributed by atoms with Crippen LogP contribution >= 0.6 is 0 Å². The van der Waals surface area contributed by atoms with Gasteiger partial charge in [-0.1, -0.05) is 0 Å². The molecule has 1 fully saturated rings. The maximum Gasteiger partial charge on any atom is 0.309 e. The number of carboxylic acid groups (broad SMARTS) is 1. The van der Waals surface area contributed by atoms with Crippen molar-refractivity contribution in [2.24, 2.45) is 5.41 Å². The summed E-state index contributed by atoms with van der Waals surface area (Å²) in [5.41, 5.74) is -0.609. The third-order valence-electron chi connectivity index (χ3n) is 3.54. The minimum absolute atomic E-state index is 0.472. The van der Waals surface area contributed by atoms with Gasteiger partial charge in [-0.2, -0.15) is 0 Å². The molecular weight excluding hydrogens is 250 g/mol. The average Bonchev–Trinajstić information content (AvgIpc) is 2.42. The Morgan fingerprint density at radius 1 is 1.11 bits per heavy atom. The normalized spacial score (nSPS) is 18.4. The van der Waals surface area contributed by atoms with E-state index in [0.29, 0.717) is 52.3 Å². The second-order valence-electron chi connectivity index (χ2n) is 4.80. The van der Waals surface area contributed by atoms with Crippen LogP contribution in [0, 0.1) is 5.41 Å². The molecule has 0 atom stereocenters. The Morgan fingerprint density at radius 3 is 2.26 bits per heavy atom. The molecule has 6 nitrogen and oxygen atoms in total. The molecule has 0 radical (unpaired) electrons. The number of methoxy groups -OCH3 is 1. The zero-order valence-electron chi connectivity index (χ0n) is 11.7. The van der Waals surface area contributed by atoms with Crippen LogP contribution in [0.15, 0.2) is 0 Å². The quantitative estimate of drug-likeness (QED) is 0.566. The summed E-state index contributed by atoms with van der Waals surface area (Å²) in [5, 5.41) is 12.6. The zero-order valence-corrected chi connectivity index (χ0v) is 11.7. The van der Waals surface area contributed by atoms with Crippen LogP contribution in [-0.2, 0) is 19.0 Å². The molecule has 1 aliphatic rings. The lowest BCUT2D eigenvalue weighted by molar-refractivity contribution is -0.152. The Bertz CT molecular complexity index is 253. The lowest BCUT2D eigenvalue weighted by atomic mass is 9.76. The van der Waals surface area contributed by atoms with E-state index in [0.717, 1.165) is 13.1 Å². The molecule has 6 heteroatoms. The van der Waals surface area contributed by atoms with E-state index in [-0.39, 0.29) is 0 Å². The lowest BCUT2D eigenvalue weighted by Crippen LogP contribution is -2.42. The van der Waals surface area contributed by atoms with Crippen molar-refractivity contribution in [3.8, 4) is 0 Å². The molecule has 1 aliphatic heterocycles. The molecule has 0 amide bonds. The summed E-state index contributed by atoms with van der Waals surface area (Å²) in [6.07, 6.45) is 1.92. The third kappa shape index (κ3) is 5.86. The molecule has 0 spiro atoms. The molecule has 0 saturated carbocycles. The van der Waals surface area contributed by atoms with E-state index in [1.54, 1.807) is 7.11 Å². The van der Waals surface area contributed by atoms with Crippen molar-refractivity contribution in [1.29, 1.82) is 0 Å². The Morgan fingerprint density at radius 2 is 1.68 bits per heavy atom. The van der Waals surface area contributed by atoms with Gasteiger partial charge >= 0.3 is 5.97 Å². The van der Waals surface area contributed by atoms with Gasteiger partial charge in [-0.05, 0) is 32.4 Å². The second-order valence-corrected chi connectivity index (χ2v) is 4.80. The van der Waals surface area contributed by atoms with Crippen molar-refractivity contribution in [2.45, 2.75) is 19.3 Å². The van der Waals surface area contributed by atoms with Crippen molar-refractivity contribution < 1.29 is 24.1 Å². The number of ether oxygens (including phenoxy) is 3. The first kappa shape index (κ1) is 16.4. The molecule has 19 heavy (non-hydrogen) atoms. The van der Waals surface area contributed by atoms with Gasteiger partial charge in [0.15, 0.2) is 0 Å². The Balaban J connectivity index is 2.10. The van der Waals surface area contributed by atoms with Gasteiger partial charge in [-0.3, -0.25) is 4.79 Å². The van der Waals surface area contributed by atoms with Gasteiger partial charge < -0.3 is 24.6 Å². The van der Waals surface area contributed by atoms with Gasteiger partial charge in [0.2, 0.25) is 0 Å². The largest absolute Gasteiger partial charge is 0.481 e. The first-order chi connectivity index (χ1) is 9.21. The number of carbonyl (C=O) groups is 1. The first-order valence-corrected chi connectivity index (χ1v) is 6.80. The van der Waals surface area contributed by atoms with Crippen molar-refractivity contribution >= 4 is 5.97 Å². The molecule has 0 aromatic rings. The molecule has 1 saturated heterocycles. The van der Waals surface area contributed by atoms with Gasteiger partial charge in [0, 0.05) is 13.7 Å². The summed E-state index contributed by atoms with van der Waals surface area (Å²) in [6.45, 7) is 4.17. The molecule has 0 aromatic carbocycles. The molecule has 0 bridgehead atoms. The first-order valence-electron chi connectivity index (χ1n) is 6.80. The number of nitrogens with one attached hydrogen (secondary N) is 1. The Labute approximate surface area is 114 Å². The minimum Gasteiger partial charge on any atom is -0.481 e. The second kappa shape index (κ2) is 9.25. The fourth-order valence-electron chi connectivity index (χ4n) is 2.21. The highest BCUT2D eigenvalue weighted by Crippen LogP contribution is 2.32. The van der Waals surface area contributed by atoms with E-state index >= 15 is 0 Å². The SMILES string of the molecule is COCCOCCOCCC1(C(=O)O)CCNCC1. The summed E-state index contributed by atoms with van der Waals surface area (Å²) in [7, 11) is 1.63. The van der Waals surface area contributed by atoms with E-state index in [9.17, 15) is 9.90 Å². The van der Waals surface area contributed by atoms with E-state index in [2.05, 4.69) is 5.32 Å². The minimum atomic E-state index is -0.700. The highest BCUT2D eigenvalue weighted by molar-refractivity contribution is 5.74. The predicted molar refractivity (Wildman–Crippen MR) is 70.3 cm³/mol. The van der Waals surface area contributed by atoms with Crippen LogP contribution in [0.2, 0.25) is 0 Å². The monoisotopic (exact) mass is 275 g/mol. The number of hydrogen-bond donors (Lipinski definition) is 2. The van der Waals surface area contributed by atoms with Crippen LogP contribution in [0.4, 0.5) is 0 Å². The Kier molecular flexibility index (Phi) is 7.97. The summed E-state index contributed by atoms with van der Waals surface area (Å²) in [4.78, 5) is 11.4. The van der Waals surface area contributed by atoms with E-state index in [4.69, 9.17) is 14.2 Å². The van der Waals surface area contributed by atoms with Crippen molar-refractivity contribution in [1.82, 2.24) is 5.32 Å². The molecule has 0 aromatic heterocycles. The Hall–Kier alpha value is -0.690. The molecule has 0 unspecified atom stereocenters. The van der Waals surface area contributed by atoms with Gasteiger partial charge in [-0.15, -0.1) is 0 Å². The summed E-state index contributed by atoms with van der Waals surface area (Å²) in [5.74, 6) is -0.700. The summed E-state index contributed by atoms with van der Waals surface area (Å²) >= 11 is 0. The maximum absolute atomic E-state index is 11.4. The van der Waals surface area contributed by atoms with Crippen LogP contribution in [0.3, 0.4) is 0 Å². The van der Waals surface area contributed by atoms with Crippen molar-refractivity contribution in [3.63, 3.8) is 0 Å². The summed E-state index contributed by atoms with van der Waals surface area (Å²) in [6, 6.07) is 0. The fourth-order valence-corrected chi connectivity index (χ4v) is 2.21. The molecule has 1 rings (SSSR count). The van der Waals surface area contributed by atoms with Gasteiger partial charge in [0.1, 0.15) is 0 Å². The molecule has 0 aliphatic carbocycles. The van der Waals surface area contributed by atoms with E-state index in [1.165, 1.54) is 0 Å². The molecule has 112 valence electrons.